The number of nitrogens with one attached hydrogen (secondary N) is 2. The van der Waals surface area contributed by atoms with Crippen molar-refractivity contribution in [3.8, 4) is 6.07 Å². The van der Waals surface area contributed by atoms with Crippen molar-refractivity contribution in [2.24, 2.45) is 0 Å². The predicted octanol–water partition coefficient (Wildman–Crippen LogP) is 3.58. The van der Waals surface area contributed by atoms with E-state index in [1.54, 1.807) is 12.1 Å². The largest absolute Gasteiger partial charge is 0.416 e. The number of likely N-dealkylation sites (N-methyl/N-ethyl adjacent to an activating group) is 1. The number of benzene rings is 2. The van der Waals surface area contributed by atoms with Crippen molar-refractivity contribution in [2.75, 3.05) is 65.8 Å². The highest BCUT2D eigenvalue weighted by Crippen LogP contribution is 2.40. The van der Waals surface area contributed by atoms with E-state index in [4.69, 9.17) is 0 Å². The zero-order valence-electron chi connectivity index (χ0n) is 25.5. The predicted molar refractivity (Wildman–Crippen MR) is 160 cm³/mol. The van der Waals surface area contributed by atoms with Gasteiger partial charge in [0.1, 0.15) is 6.54 Å². The first kappa shape index (κ1) is 34.1. The van der Waals surface area contributed by atoms with Crippen LogP contribution in [0.15, 0.2) is 59.8 Å². The number of urea groups is 1. The number of allylic oxidation sites excluding steroid dienone is 1. The SMILES string of the molecule is CC1=C(C(=O)NCCCN(C)C)[C@@H](c2ccc(C#N)cc2)N(CC(=O)NCCN(C)C)C(=O)N1c1cccc(C(F)(F)F)c1. The minimum Gasteiger partial charge on any atom is -0.353 e. The number of carbonyl (C=O) groups excluding carboxylic acids is 3. The molecule has 0 unspecified atom stereocenters. The van der Waals surface area contributed by atoms with Crippen LogP contribution in [0.3, 0.4) is 0 Å². The Hall–Kier alpha value is -4.41. The molecule has 0 aromatic heterocycles. The molecule has 1 aliphatic rings. The number of nitriles is 1. The van der Waals surface area contributed by atoms with E-state index >= 15 is 0 Å². The van der Waals surface area contributed by atoms with Gasteiger partial charge in [0.05, 0.1) is 34.5 Å². The van der Waals surface area contributed by atoms with Gasteiger partial charge in [0.15, 0.2) is 0 Å². The van der Waals surface area contributed by atoms with Crippen LogP contribution in [0.2, 0.25) is 0 Å². The fourth-order valence-corrected chi connectivity index (χ4v) is 4.84. The topological polar surface area (TPSA) is 112 Å². The lowest BCUT2D eigenvalue weighted by Gasteiger charge is -2.43. The third-order valence-corrected chi connectivity index (χ3v) is 7.04. The highest BCUT2D eigenvalue weighted by atomic mass is 19.4. The second kappa shape index (κ2) is 14.9. The summed E-state index contributed by atoms with van der Waals surface area (Å²) < 4.78 is 41.0. The molecular weight excluding hydrogens is 575 g/mol. The number of amides is 4. The molecule has 13 heteroatoms. The molecule has 0 spiro atoms. The van der Waals surface area contributed by atoms with Gasteiger partial charge in [-0.25, -0.2) is 4.79 Å². The summed E-state index contributed by atoms with van der Waals surface area (Å²) in [6.07, 6.45) is -4.04. The van der Waals surface area contributed by atoms with Gasteiger partial charge in [-0.05, 0) is 84.0 Å². The van der Waals surface area contributed by atoms with Gasteiger partial charge < -0.3 is 25.3 Å². The van der Waals surface area contributed by atoms with E-state index in [1.165, 1.54) is 36.1 Å². The molecule has 1 atom stereocenters. The van der Waals surface area contributed by atoms with Crippen molar-refractivity contribution in [2.45, 2.75) is 25.6 Å². The molecule has 4 amide bonds. The minimum absolute atomic E-state index is 0.0951. The Morgan fingerprint density at radius 1 is 0.977 bits per heavy atom. The Morgan fingerprint density at radius 2 is 1.64 bits per heavy atom. The first-order valence-electron chi connectivity index (χ1n) is 14.1. The van der Waals surface area contributed by atoms with E-state index in [9.17, 15) is 32.8 Å². The lowest BCUT2D eigenvalue weighted by molar-refractivity contribution is -0.137. The monoisotopic (exact) mass is 613 g/mol. The fourth-order valence-electron chi connectivity index (χ4n) is 4.84. The molecule has 1 aliphatic heterocycles. The van der Waals surface area contributed by atoms with Crippen molar-refractivity contribution in [1.82, 2.24) is 25.3 Å². The maximum Gasteiger partial charge on any atom is 0.416 e. The maximum atomic E-state index is 14.2. The minimum atomic E-state index is -4.67. The average molecular weight is 614 g/mol. The van der Waals surface area contributed by atoms with Gasteiger partial charge in [0, 0.05) is 25.3 Å². The van der Waals surface area contributed by atoms with Gasteiger partial charge in [-0.2, -0.15) is 18.4 Å². The van der Waals surface area contributed by atoms with Gasteiger partial charge >= 0.3 is 12.2 Å². The molecule has 1 heterocycles. The highest BCUT2D eigenvalue weighted by molar-refractivity contribution is 6.05. The molecule has 0 bridgehead atoms. The van der Waals surface area contributed by atoms with Crippen LogP contribution in [0.4, 0.5) is 23.7 Å². The lowest BCUT2D eigenvalue weighted by Crippen LogP contribution is -2.54. The summed E-state index contributed by atoms with van der Waals surface area (Å²) in [6, 6.07) is 10.7. The van der Waals surface area contributed by atoms with Crippen molar-refractivity contribution >= 4 is 23.5 Å². The Kier molecular flexibility index (Phi) is 11.5. The second-order valence-corrected chi connectivity index (χ2v) is 11.0. The Morgan fingerprint density at radius 3 is 2.23 bits per heavy atom. The molecule has 0 aliphatic carbocycles. The number of halogens is 3. The van der Waals surface area contributed by atoms with Crippen LogP contribution in [-0.2, 0) is 15.8 Å². The van der Waals surface area contributed by atoms with Crippen LogP contribution < -0.4 is 15.5 Å². The summed E-state index contributed by atoms with van der Waals surface area (Å²) >= 11 is 0. The molecule has 3 rings (SSSR count). The van der Waals surface area contributed by atoms with Gasteiger partial charge in [-0.3, -0.25) is 14.5 Å². The summed E-state index contributed by atoms with van der Waals surface area (Å²) in [5.74, 6) is -1.04. The van der Waals surface area contributed by atoms with Crippen molar-refractivity contribution < 1.29 is 27.6 Å². The highest BCUT2D eigenvalue weighted by Gasteiger charge is 2.43. The van der Waals surface area contributed by atoms with E-state index in [1.807, 2.05) is 44.1 Å². The Labute approximate surface area is 255 Å². The van der Waals surface area contributed by atoms with Crippen LogP contribution in [0.5, 0.6) is 0 Å². The smallest absolute Gasteiger partial charge is 0.353 e. The third kappa shape index (κ3) is 8.58. The molecule has 44 heavy (non-hydrogen) atoms. The Balaban J connectivity index is 2.17. The first-order valence-corrected chi connectivity index (χ1v) is 14.1. The Bertz CT molecular complexity index is 1420. The number of anilines is 1. The number of alkyl halides is 3. The zero-order valence-corrected chi connectivity index (χ0v) is 25.5. The summed E-state index contributed by atoms with van der Waals surface area (Å²) in [4.78, 5) is 47.2. The number of hydrogen-bond acceptors (Lipinski definition) is 6. The normalized spacial score (nSPS) is 15.6. The van der Waals surface area contributed by atoms with Crippen molar-refractivity contribution in [1.29, 1.82) is 5.26 Å². The summed E-state index contributed by atoms with van der Waals surface area (Å²) in [7, 11) is 7.48. The number of rotatable bonds is 12. The van der Waals surface area contributed by atoms with Gasteiger partial charge in [0.25, 0.3) is 5.91 Å². The number of hydrogen-bond donors (Lipinski definition) is 2. The maximum absolute atomic E-state index is 14.2. The van der Waals surface area contributed by atoms with Gasteiger partial charge in [-0.1, -0.05) is 18.2 Å². The van der Waals surface area contributed by atoms with E-state index < -0.39 is 42.2 Å². The summed E-state index contributed by atoms with van der Waals surface area (Å²) in [5.41, 5.74) is -0.0375. The van der Waals surface area contributed by atoms with E-state index in [-0.39, 0.29) is 17.0 Å². The fraction of sp³-hybridized carbons (Fsp3) is 0.419. The average Bonchev–Trinajstić information content (AvgIpc) is 2.96. The van der Waals surface area contributed by atoms with E-state index in [0.29, 0.717) is 43.7 Å². The van der Waals surface area contributed by atoms with E-state index in [2.05, 4.69) is 10.6 Å². The molecule has 0 saturated carbocycles. The summed E-state index contributed by atoms with van der Waals surface area (Å²) in [6.45, 7) is 2.85. The molecule has 0 fully saturated rings. The van der Waals surface area contributed by atoms with Gasteiger partial charge in [-0.15, -0.1) is 0 Å². The molecule has 0 radical (unpaired) electrons. The number of nitrogens with zero attached hydrogens (tertiary/aromatic N) is 5. The second-order valence-electron chi connectivity index (χ2n) is 11.0. The van der Waals surface area contributed by atoms with E-state index in [0.717, 1.165) is 17.0 Å². The molecule has 236 valence electrons. The third-order valence-electron chi connectivity index (χ3n) is 7.04. The lowest BCUT2D eigenvalue weighted by atomic mass is 9.91. The molecule has 2 aromatic carbocycles. The van der Waals surface area contributed by atoms with Crippen molar-refractivity contribution in [3.63, 3.8) is 0 Å². The van der Waals surface area contributed by atoms with Crippen LogP contribution in [0, 0.1) is 11.3 Å². The van der Waals surface area contributed by atoms with Crippen LogP contribution in [-0.4, -0.2) is 93.5 Å². The molecule has 2 aromatic rings. The van der Waals surface area contributed by atoms with Crippen LogP contribution in [0.1, 0.15) is 36.1 Å². The molecule has 2 N–H and O–H groups in total. The van der Waals surface area contributed by atoms with Gasteiger partial charge in [0.2, 0.25) is 5.91 Å². The zero-order chi connectivity index (χ0) is 32.6. The quantitative estimate of drug-likeness (QED) is 0.354. The molecular formula is C31H38F3N7O3. The van der Waals surface area contributed by atoms with Crippen LogP contribution in [0.25, 0.3) is 0 Å². The standard InChI is InChI=1S/C31H38F3N7O3/c1-21-27(29(43)37-14-7-16-38(2)3)28(23-12-10-22(19-35)11-13-23)40(20-26(42)36-15-17-39(4)5)30(44)41(21)25-9-6-8-24(18-25)31(32,33)34/h6,8-13,18,28H,7,14-17,20H2,1-5H3,(H,36,42)(H,37,43)/t28-/m1/s1. The molecule has 0 saturated heterocycles. The van der Waals surface area contributed by atoms with Crippen LogP contribution >= 0.6 is 0 Å². The summed E-state index contributed by atoms with van der Waals surface area (Å²) in [5, 5.41) is 15.0. The first-order chi connectivity index (χ1) is 20.7. The van der Waals surface area contributed by atoms with Crippen molar-refractivity contribution in [3.05, 3.63) is 76.5 Å². The molecule has 10 nitrogen and oxygen atoms in total. The number of carbonyl (C=O) groups is 3.